The molecule has 150 valence electrons. The Balaban J connectivity index is 2.20. The van der Waals surface area contributed by atoms with Crippen LogP contribution >= 0.6 is 0 Å². The molecule has 0 spiro atoms. The summed E-state index contributed by atoms with van der Waals surface area (Å²) in [6.07, 6.45) is 1.73. The number of aliphatic hydroxyl groups is 1. The molecule has 1 fully saturated rings. The highest BCUT2D eigenvalue weighted by molar-refractivity contribution is 5.95. The van der Waals surface area contributed by atoms with E-state index in [1.54, 1.807) is 13.0 Å². The first-order valence-electron chi connectivity index (χ1n) is 8.89. The number of carbonyl (C=O) groups excluding carboxylic acids is 2. The lowest BCUT2D eigenvalue weighted by Crippen LogP contribution is -2.56. The Morgan fingerprint density at radius 3 is 2.63 bits per heavy atom. The lowest BCUT2D eigenvalue weighted by Gasteiger charge is -2.42. The first-order valence-corrected chi connectivity index (χ1v) is 8.89. The largest absolute Gasteiger partial charge is 0.457 e. The Hall–Kier alpha value is -1.74. The molecule has 8 nitrogen and oxygen atoms in total. The van der Waals surface area contributed by atoms with Crippen molar-refractivity contribution in [1.29, 1.82) is 0 Å². The minimum absolute atomic E-state index is 0.00158. The van der Waals surface area contributed by atoms with Crippen LogP contribution in [0.1, 0.15) is 40.0 Å². The molecule has 0 aromatic carbocycles. The summed E-state index contributed by atoms with van der Waals surface area (Å²) in [5, 5.41) is 11.3. The first kappa shape index (κ1) is 20.0. The molecule has 3 aliphatic heterocycles. The maximum atomic E-state index is 12.4. The van der Waals surface area contributed by atoms with Crippen LogP contribution in [0.3, 0.4) is 0 Å². The number of hydrogen-bond acceptors (Lipinski definition) is 8. The maximum absolute atomic E-state index is 12.4. The number of hydrogen-bond donors (Lipinski definition) is 1. The van der Waals surface area contributed by atoms with Crippen LogP contribution in [0.25, 0.3) is 0 Å². The van der Waals surface area contributed by atoms with Crippen molar-refractivity contribution >= 4 is 11.9 Å². The van der Waals surface area contributed by atoms with Crippen molar-refractivity contribution in [1.82, 2.24) is 0 Å². The van der Waals surface area contributed by atoms with E-state index in [2.05, 4.69) is 0 Å². The second kappa shape index (κ2) is 6.70. The third-order valence-electron chi connectivity index (χ3n) is 5.48. The molecule has 2 bridgehead atoms. The van der Waals surface area contributed by atoms with Crippen molar-refractivity contribution < 1.29 is 38.4 Å². The summed E-state index contributed by atoms with van der Waals surface area (Å²) in [7, 11) is 2.93. The molecular formula is C19H26O8. The van der Waals surface area contributed by atoms with Gasteiger partial charge in [-0.3, -0.25) is 4.79 Å². The fraction of sp³-hybridized carbons (Fsp3) is 0.684. The molecule has 3 rings (SSSR count). The van der Waals surface area contributed by atoms with Gasteiger partial charge < -0.3 is 28.8 Å². The lowest BCUT2D eigenvalue weighted by atomic mass is 9.82. The highest BCUT2D eigenvalue weighted by Gasteiger charge is 2.60. The van der Waals surface area contributed by atoms with Gasteiger partial charge in [-0.2, -0.15) is 0 Å². The van der Waals surface area contributed by atoms with Crippen molar-refractivity contribution in [2.75, 3.05) is 20.8 Å². The molecule has 0 unspecified atom stereocenters. The average molecular weight is 382 g/mol. The summed E-state index contributed by atoms with van der Waals surface area (Å²) in [6, 6.07) is 0. The van der Waals surface area contributed by atoms with E-state index in [4.69, 9.17) is 23.7 Å². The van der Waals surface area contributed by atoms with Gasteiger partial charge in [-0.15, -0.1) is 0 Å². The van der Waals surface area contributed by atoms with Gasteiger partial charge in [-0.1, -0.05) is 0 Å². The highest BCUT2D eigenvalue weighted by Crippen LogP contribution is 2.50. The van der Waals surface area contributed by atoms with E-state index >= 15 is 0 Å². The summed E-state index contributed by atoms with van der Waals surface area (Å²) in [4.78, 5) is 24.1. The lowest BCUT2D eigenvalue weighted by molar-refractivity contribution is -0.310. The van der Waals surface area contributed by atoms with E-state index in [1.165, 1.54) is 21.1 Å². The fourth-order valence-electron chi connectivity index (χ4n) is 4.15. The molecule has 1 N–H and O–H groups in total. The maximum Gasteiger partial charge on any atom is 0.342 e. The summed E-state index contributed by atoms with van der Waals surface area (Å²) >= 11 is 0. The fourth-order valence-corrected chi connectivity index (χ4v) is 4.15. The van der Waals surface area contributed by atoms with Crippen molar-refractivity contribution in [3.63, 3.8) is 0 Å². The van der Waals surface area contributed by atoms with E-state index < -0.39 is 35.0 Å². The smallest absolute Gasteiger partial charge is 0.342 e. The summed E-state index contributed by atoms with van der Waals surface area (Å²) in [5.74, 6) is -2.11. The van der Waals surface area contributed by atoms with Gasteiger partial charge >= 0.3 is 11.9 Å². The van der Waals surface area contributed by atoms with Crippen LogP contribution < -0.4 is 0 Å². The molecule has 0 saturated carbocycles. The summed E-state index contributed by atoms with van der Waals surface area (Å²) in [5.41, 5.74) is -1.66. The molecule has 0 aromatic rings. The average Bonchev–Trinajstić information content (AvgIpc) is 3.05. The molecule has 8 heteroatoms. The zero-order valence-corrected chi connectivity index (χ0v) is 16.3. The molecule has 0 aromatic heterocycles. The standard InChI is InChI=1S/C19H26O8/c1-11(20)25-14-9-18(3,22)19(24-5)7-6-17(2,27-19)8-13-15(14)12(10-23-4)16(21)26-13/h8,14,22H,6-7,9-10H2,1-5H3/b13-8+/t14-,17-,18+,19+/m1/s1. The third-order valence-corrected chi connectivity index (χ3v) is 5.48. The minimum Gasteiger partial charge on any atom is -0.457 e. The first-order chi connectivity index (χ1) is 12.6. The Morgan fingerprint density at radius 1 is 1.33 bits per heavy atom. The number of rotatable bonds is 4. The molecule has 0 amide bonds. The van der Waals surface area contributed by atoms with Crippen molar-refractivity contribution in [3.05, 3.63) is 23.0 Å². The van der Waals surface area contributed by atoms with E-state index in [0.717, 1.165) is 0 Å². The Labute approximate surface area is 158 Å². The second-order valence-corrected chi connectivity index (χ2v) is 7.67. The van der Waals surface area contributed by atoms with Gasteiger partial charge in [0, 0.05) is 39.6 Å². The molecule has 27 heavy (non-hydrogen) atoms. The van der Waals surface area contributed by atoms with E-state index in [0.29, 0.717) is 18.4 Å². The van der Waals surface area contributed by atoms with Crippen molar-refractivity contribution in [3.8, 4) is 0 Å². The van der Waals surface area contributed by atoms with Gasteiger partial charge in [-0.25, -0.2) is 4.79 Å². The Kier molecular flexibility index (Phi) is 4.96. The molecule has 3 heterocycles. The zero-order chi connectivity index (χ0) is 20.0. The van der Waals surface area contributed by atoms with E-state index in [9.17, 15) is 14.7 Å². The van der Waals surface area contributed by atoms with Crippen LogP contribution in [0.4, 0.5) is 0 Å². The van der Waals surface area contributed by atoms with Gasteiger partial charge in [0.2, 0.25) is 0 Å². The molecule has 1 saturated heterocycles. The topological polar surface area (TPSA) is 101 Å². The van der Waals surface area contributed by atoms with Crippen LogP contribution in [-0.2, 0) is 33.3 Å². The number of carbonyl (C=O) groups is 2. The molecule has 3 aliphatic rings. The summed E-state index contributed by atoms with van der Waals surface area (Å²) in [6.45, 7) is 4.69. The zero-order valence-electron chi connectivity index (χ0n) is 16.3. The minimum atomic E-state index is -1.50. The van der Waals surface area contributed by atoms with Crippen LogP contribution in [0.15, 0.2) is 23.0 Å². The van der Waals surface area contributed by atoms with Gasteiger partial charge in [0.05, 0.1) is 17.8 Å². The molecular weight excluding hydrogens is 356 g/mol. The summed E-state index contributed by atoms with van der Waals surface area (Å²) < 4.78 is 27.9. The van der Waals surface area contributed by atoms with Gasteiger partial charge in [0.25, 0.3) is 0 Å². The van der Waals surface area contributed by atoms with Crippen molar-refractivity contribution in [2.24, 2.45) is 0 Å². The van der Waals surface area contributed by atoms with E-state index in [1.807, 2.05) is 6.92 Å². The Morgan fingerprint density at radius 2 is 2.04 bits per heavy atom. The van der Waals surface area contributed by atoms with E-state index in [-0.39, 0.29) is 24.4 Å². The predicted octanol–water partition coefficient (Wildman–Crippen LogP) is 1.37. The Bertz CT molecular complexity index is 721. The van der Waals surface area contributed by atoms with Crippen LogP contribution in [0.2, 0.25) is 0 Å². The number of fused-ring (bicyclic) bond motifs is 3. The third kappa shape index (κ3) is 3.31. The van der Waals surface area contributed by atoms with Crippen molar-refractivity contribution in [2.45, 2.75) is 63.1 Å². The van der Waals surface area contributed by atoms with Crippen LogP contribution in [0, 0.1) is 0 Å². The number of ether oxygens (including phenoxy) is 5. The van der Waals surface area contributed by atoms with Crippen LogP contribution in [0.5, 0.6) is 0 Å². The normalized spacial score (nSPS) is 40.4. The second-order valence-electron chi connectivity index (χ2n) is 7.67. The number of methoxy groups -OCH3 is 2. The van der Waals surface area contributed by atoms with Gasteiger partial charge in [-0.05, 0) is 26.3 Å². The predicted molar refractivity (Wildman–Crippen MR) is 92.3 cm³/mol. The monoisotopic (exact) mass is 382 g/mol. The van der Waals surface area contributed by atoms with Gasteiger partial charge in [0.15, 0.2) is 5.79 Å². The van der Waals surface area contributed by atoms with Gasteiger partial charge in [0.1, 0.15) is 17.5 Å². The molecule has 0 aliphatic carbocycles. The highest BCUT2D eigenvalue weighted by atomic mass is 16.7. The molecule has 0 radical (unpaired) electrons. The number of esters is 2. The molecule has 4 atom stereocenters. The quantitative estimate of drug-likeness (QED) is 0.728. The van der Waals surface area contributed by atoms with Crippen LogP contribution in [-0.4, -0.2) is 61.0 Å². The SMILES string of the molecule is COCC1=C2/C(=C\[C@@]3(C)CC[C@](OC)(O3)[C@@](C)(O)C[C@H]2OC(C)=O)OC1=O.